The highest BCUT2D eigenvalue weighted by atomic mass is 32.1. The Balaban J connectivity index is 1.67. The zero-order valence-corrected chi connectivity index (χ0v) is 15.1. The van der Waals surface area contributed by atoms with Crippen molar-refractivity contribution in [2.45, 2.75) is 25.4 Å². The molecule has 1 aliphatic rings. The number of carboxylic acids is 1. The van der Waals surface area contributed by atoms with Gasteiger partial charge in [-0.1, -0.05) is 0 Å². The Hall–Kier alpha value is -2.78. The number of amidine groups is 1. The fourth-order valence-corrected chi connectivity index (χ4v) is 3.88. The van der Waals surface area contributed by atoms with Gasteiger partial charge in [-0.2, -0.15) is 0 Å². The van der Waals surface area contributed by atoms with Gasteiger partial charge in [0.05, 0.1) is 0 Å². The van der Waals surface area contributed by atoms with Crippen LogP contribution in [0.1, 0.15) is 33.0 Å². The van der Waals surface area contributed by atoms with Gasteiger partial charge in [0.25, 0.3) is 0 Å². The molecule has 0 bridgehead atoms. The topological polar surface area (TPSA) is 117 Å². The van der Waals surface area contributed by atoms with E-state index in [1.807, 2.05) is 4.90 Å². The SMILES string of the molecule is N=C(N)c1ccc(OC(=O)c2ccc(CN3CCCC3C(=O)O)s2)c(F)c1. The summed E-state index contributed by atoms with van der Waals surface area (Å²) in [5, 5.41) is 16.5. The lowest BCUT2D eigenvalue weighted by Gasteiger charge is -2.19. The molecule has 0 spiro atoms. The number of esters is 1. The largest absolute Gasteiger partial charge is 0.480 e. The summed E-state index contributed by atoms with van der Waals surface area (Å²) in [5.41, 5.74) is 5.49. The van der Waals surface area contributed by atoms with Crippen molar-refractivity contribution in [2.24, 2.45) is 5.73 Å². The quantitative estimate of drug-likeness (QED) is 0.301. The van der Waals surface area contributed by atoms with E-state index in [0.717, 1.165) is 17.4 Å². The highest BCUT2D eigenvalue weighted by Crippen LogP contribution is 2.26. The number of likely N-dealkylation sites (tertiary alicyclic amines) is 1. The van der Waals surface area contributed by atoms with Gasteiger partial charge in [-0.15, -0.1) is 11.3 Å². The molecule has 7 nitrogen and oxygen atoms in total. The number of nitrogens with one attached hydrogen (secondary N) is 1. The van der Waals surface area contributed by atoms with Gasteiger partial charge < -0.3 is 15.6 Å². The van der Waals surface area contributed by atoms with E-state index in [4.69, 9.17) is 15.9 Å². The van der Waals surface area contributed by atoms with Gasteiger partial charge in [-0.3, -0.25) is 15.1 Å². The number of carboxylic acid groups (broad SMARTS) is 1. The van der Waals surface area contributed by atoms with Gasteiger partial charge >= 0.3 is 11.9 Å². The van der Waals surface area contributed by atoms with Crippen molar-refractivity contribution >= 4 is 29.1 Å². The number of nitrogens with zero attached hydrogens (tertiary/aromatic N) is 1. The molecule has 1 saturated heterocycles. The van der Waals surface area contributed by atoms with Gasteiger partial charge in [0.2, 0.25) is 0 Å². The Kier molecular flexibility index (Phi) is 5.52. The van der Waals surface area contributed by atoms with E-state index in [2.05, 4.69) is 0 Å². The van der Waals surface area contributed by atoms with Crippen LogP contribution in [0.3, 0.4) is 0 Å². The third-order valence-electron chi connectivity index (χ3n) is 4.32. The lowest BCUT2D eigenvalue weighted by molar-refractivity contribution is -0.142. The number of hydrogen-bond donors (Lipinski definition) is 3. The van der Waals surface area contributed by atoms with Crippen LogP contribution in [0.25, 0.3) is 0 Å². The maximum absolute atomic E-state index is 14.0. The molecule has 27 heavy (non-hydrogen) atoms. The molecule has 1 atom stereocenters. The Morgan fingerprint density at radius 1 is 1.37 bits per heavy atom. The molecular weight excluding hydrogens is 373 g/mol. The number of halogens is 1. The van der Waals surface area contributed by atoms with Gasteiger partial charge in [0, 0.05) is 17.0 Å². The molecule has 0 radical (unpaired) electrons. The number of benzene rings is 1. The second kappa shape index (κ2) is 7.85. The van der Waals surface area contributed by atoms with E-state index >= 15 is 0 Å². The Morgan fingerprint density at radius 2 is 2.15 bits per heavy atom. The number of carbonyl (C=O) groups is 2. The molecule has 0 saturated carbocycles. The van der Waals surface area contributed by atoms with Crippen LogP contribution in [0.2, 0.25) is 0 Å². The van der Waals surface area contributed by atoms with Crippen molar-refractivity contribution in [1.82, 2.24) is 4.90 Å². The number of nitrogens with two attached hydrogens (primary N) is 1. The normalized spacial score (nSPS) is 17.0. The average molecular weight is 391 g/mol. The molecule has 0 amide bonds. The third kappa shape index (κ3) is 4.32. The van der Waals surface area contributed by atoms with Crippen molar-refractivity contribution in [1.29, 1.82) is 5.41 Å². The van der Waals surface area contributed by atoms with Crippen molar-refractivity contribution in [2.75, 3.05) is 6.54 Å². The van der Waals surface area contributed by atoms with Gasteiger partial charge in [0.15, 0.2) is 11.6 Å². The summed E-state index contributed by atoms with van der Waals surface area (Å²) in [5.74, 6) is -2.85. The fraction of sp³-hybridized carbons (Fsp3) is 0.278. The van der Waals surface area contributed by atoms with Crippen molar-refractivity contribution in [3.63, 3.8) is 0 Å². The van der Waals surface area contributed by atoms with E-state index in [1.54, 1.807) is 12.1 Å². The van der Waals surface area contributed by atoms with Crippen molar-refractivity contribution < 1.29 is 23.8 Å². The second-order valence-corrected chi connectivity index (χ2v) is 7.35. The molecule has 9 heteroatoms. The van der Waals surface area contributed by atoms with Crippen LogP contribution in [-0.2, 0) is 11.3 Å². The zero-order chi connectivity index (χ0) is 19.6. The number of rotatable bonds is 6. The van der Waals surface area contributed by atoms with E-state index in [1.165, 1.54) is 23.5 Å². The van der Waals surface area contributed by atoms with E-state index < -0.39 is 23.8 Å². The van der Waals surface area contributed by atoms with Crippen LogP contribution in [-0.4, -0.2) is 40.4 Å². The molecule has 1 aromatic heterocycles. The first kappa shape index (κ1) is 19.0. The van der Waals surface area contributed by atoms with Crippen molar-refractivity contribution in [3.05, 3.63) is 51.5 Å². The number of aliphatic carboxylic acids is 1. The summed E-state index contributed by atoms with van der Waals surface area (Å²) in [7, 11) is 0. The number of carbonyl (C=O) groups excluding carboxylic acids is 1. The molecular formula is C18H18FN3O4S. The smallest absolute Gasteiger partial charge is 0.353 e. The van der Waals surface area contributed by atoms with Crippen LogP contribution in [0, 0.1) is 11.2 Å². The summed E-state index contributed by atoms with van der Waals surface area (Å²) in [4.78, 5) is 26.5. The fourth-order valence-electron chi connectivity index (χ4n) is 2.97. The van der Waals surface area contributed by atoms with E-state index in [9.17, 15) is 19.1 Å². The molecule has 0 aliphatic carbocycles. The molecule has 1 aromatic carbocycles. The molecule has 1 unspecified atom stereocenters. The standard InChI is InChI=1S/C18H18FN3O4S/c19-12-8-10(16(20)21)3-5-14(12)26-18(25)15-6-4-11(27-15)9-22-7-1-2-13(22)17(23)24/h3-6,8,13H,1-2,7,9H2,(H3,20,21)(H,23,24). The lowest BCUT2D eigenvalue weighted by atomic mass is 10.2. The van der Waals surface area contributed by atoms with E-state index in [-0.39, 0.29) is 17.1 Å². The number of ether oxygens (including phenoxy) is 1. The summed E-state index contributed by atoms with van der Waals surface area (Å²) < 4.78 is 19.1. The Labute approximate surface area is 158 Å². The Bertz CT molecular complexity index is 898. The molecule has 2 heterocycles. The first-order chi connectivity index (χ1) is 12.8. The zero-order valence-electron chi connectivity index (χ0n) is 14.3. The summed E-state index contributed by atoms with van der Waals surface area (Å²) >= 11 is 1.19. The van der Waals surface area contributed by atoms with Gasteiger partial charge in [-0.05, 0) is 49.7 Å². The molecule has 1 fully saturated rings. The molecule has 2 aromatic rings. The van der Waals surface area contributed by atoms with Gasteiger partial charge in [-0.25, -0.2) is 9.18 Å². The summed E-state index contributed by atoms with van der Waals surface area (Å²) in [6, 6.07) is 6.50. The minimum absolute atomic E-state index is 0.198. The highest BCUT2D eigenvalue weighted by molar-refractivity contribution is 7.13. The number of thiophene rings is 1. The average Bonchev–Trinajstić information content (AvgIpc) is 3.26. The lowest BCUT2D eigenvalue weighted by Crippen LogP contribution is -2.35. The van der Waals surface area contributed by atoms with Crippen LogP contribution in [0.4, 0.5) is 4.39 Å². The number of hydrogen-bond acceptors (Lipinski definition) is 6. The van der Waals surface area contributed by atoms with Crippen LogP contribution in [0.5, 0.6) is 5.75 Å². The third-order valence-corrected chi connectivity index (χ3v) is 5.37. The van der Waals surface area contributed by atoms with Crippen LogP contribution >= 0.6 is 11.3 Å². The monoisotopic (exact) mass is 391 g/mol. The highest BCUT2D eigenvalue weighted by Gasteiger charge is 2.30. The first-order valence-corrected chi connectivity index (χ1v) is 9.08. The number of nitrogen functional groups attached to an aromatic ring is 1. The summed E-state index contributed by atoms with van der Waals surface area (Å²) in [6.45, 7) is 1.14. The molecule has 3 rings (SSSR count). The minimum atomic E-state index is -0.840. The van der Waals surface area contributed by atoms with E-state index in [0.29, 0.717) is 24.4 Å². The second-order valence-electron chi connectivity index (χ2n) is 6.18. The maximum atomic E-state index is 14.0. The van der Waals surface area contributed by atoms with Crippen molar-refractivity contribution in [3.8, 4) is 5.75 Å². The first-order valence-electron chi connectivity index (χ1n) is 8.27. The minimum Gasteiger partial charge on any atom is -0.480 e. The summed E-state index contributed by atoms with van der Waals surface area (Å²) in [6.07, 6.45) is 1.44. The van der Waals surface area contributed by atoms with Gasteiger partial charge in [0.1, 0.15) is 16.8 Å². The molecule has 4 N–H and O–H groups in total. The Morgan fingerprint density at radius 3 is 2.81 bits per heavy atom. The predicted octanol–water partition coefficient (Wildman–Crippen LogP) is 2.44. The molecule has 142 valence electrons. The maximum Gasteiger partial charge on any atom is 0.353 e. The predicted molar refractivity (Wildman–Crippen MR) is 97.8 cm³/mol. The van der Waals surface area contributed by atoms with Crippen LogP contribution < -0.4 is 10.5 Å². The molecule has 1 aliphatic heterocycles. The van der Waals surface area contributed by atoms with Crippen LogP contribution in [0.15, 0.2) is 30.3 Å².